The van der Waals surface area contributed by atoms with Crippen LogP contribution in [0, 0.1) is 0 Å². The summed E-state index contributed by atoms with van der Waals surface area (Å²) in [7, 11) is 2.87. The van der Waals surface area contributed by atoms with E-state index in [1.807, 2.05) is 0 Å². The number of amides is 1. The average Bonchev–Trinajstić information content (AvgIpc) is 2.80. The molecule has 7 nitrogen and oxygen atoms in total. The molecule has 0 atom stereocenters. The van der Waals surface area contributed by atoms with Crippen molar-refractivity contribution in [1.82, 2.24) is 9.88 Å². The van der Waals surface area contributed by atoms with E-state index in [4.69, 9.17) is 9.47 Å². The fourth-order valence-electron chi connectivity index (χ4n) is 2.45. The Morgan fingerprint density at radius 2 is 2.05 bits per heavy atom. The second kappa shape index (κ2) is 7.74. The lowest BCUT2D eigenvalue weighted by Gasteiger charge is -2.23. The number of esters is 1. The quantitative estimate of drug-likeness (QED) is 0.757. The lowest BCUT2D eigenvalue weighted by atomic mass is 10.2. The van der Waals surface area contributed by atoms with Gasteiger partial charge in [0, 0.05) is 39.5 Å². The normalized spacial score (nSPS) is 15.4. The Morgan fingerprint density at radius 3 is 2.77 bits per heavy atom. The van der Waals surface area contributed by atoms with Crippen molar-refractivity contribution in [3.63, 3.8) is 0 Å². The third-order valence-corrected chi connectivity index (χ3v) is 3.61. The number of ether oxygens (including phenoxy) is 2. The smallest absolute Gasteiger partial charge is 0.338 e. The standard InChI is InChI=1S/C15H21N3O4/c1-21-11-14(19)18-7-3-6-17(8-9-18)13-10-12(4-5-16-13)15(20)22-2/h4-5,10H,3,6-9,11H2,1-2H3. The number of carbonyl (C=O) groups is 2. The average molecular weight is 307 g/mol. The molecule has 2 rings (SSSR count). The first-order valence-electron chi connectivity index (χ1n) is 7.21. The molecule has 1 aliphatic rings. The van der Waals surface area contributed by atoms with Gasteiger partial charge in [-0.2, -0.15) is 0 Å². The van der Waals surface area contributed by atoms with E-state index >= 15 is 0 Å². The molecule has 1 aliphatic heterocycles. The number of hydrogen-bond donors (Lipinski definition) is 0. The highest BCUT2D eigenvalue weighted by molar-refractivity contribution is 5.90. The van der Waals surface area contributed by atoms with Crippen LogP contribution in [0.3, 0.4) is 0 Å². The third kappa shape index (κ3) is 3.94. The van der Waals surface area contributed by atoms with Crippen LogP contribution in [0.2, 0.25) is 0 Å². The predicted molar refractivity (Wildman–Crippen MR) is 80.9 cm³/mol. The van der Waals surface area contributed by atoms with Crippen molar-refractivity contribution in [2.75, 3.05) is 51.9 Å². The minimum Gasteiger partial charge on any atom is -0.465 e. The second-order valence-electron chi connectivity index (χ2n) is 5.05. The summed E-state index contributed by atoms with van der Waals surface area (Å²) in [5, 5.41) is 0. The van der Waals surface area contributed by atoms with E-state index < -0.39 is 0 Å². The zero-order valence-corrected chi connectivity index (χ0v) is 12.9. The SMILES string of the molecule is COCC(=O)N1CCCN(c2cc(C(=O)OC)ccn2)CC1. The van der Waals surface area contributed by atoms with E-state index in [9.17, 15) is 9.59 Å². The van der Waals surface area contributed by atoms with Gasteiger partial charge in [0.25, 0.3) is 0 Å². The summed E-state index contributed by atoms with van der Waals surface area (Å²) in [4.78, 5) is 31.7. The fourth-order valence-corrected chi connectivity index (χ4v) is 2.45. The van der Waals surface area contributed by atoms with Crippen LogP contribution in [0.4, 0.5) is 5.82 Å². The van der Waals surface area contributed by atoms with E-state index in [1.54, 1.807) is 23.2 Å². The van der Waals surface area contributed by atoms with Gasteiger partial charge in [0.2, 0.25) is 5.91 Å². The van der Waals surface area contributed by atoms with Gasteiger partial charge in [-0.15, -0.1) is 0 Å². The molecule has 0 unspecified atom stereocenters. The van der Waals surface area contributed by atoms with Gasteiger partial charge >= 0.3 is 5.97 Å². The van der Waals surface area contributed by atoms with Gasteiger partial charge < -0.3 is 19.3 Å². The number of nitrogens with zero attached hydrogens (tertiary/aromatic N) is 3. The first-order chi connectivity index (χ1) is 10.7. The minimum atomic E-state index is -0.379. The summed E-state index contributed by atoms with van der Waals surface area (Å²) in [6, 6.07) is 3.35. The van der Waals surface area contributed by atoms with Gasteiger partial charge in [-0.25, -0.2) is 9.78 Å². The Labute approximate surface area is 129 Å². The first-order valence-corrected chi connectivity index (χ1v) is 7.21. The molecule has 0 aromatic carbocycles. The van der Waals surface area contributed by atoms with Crippen molar-refractivity contribution in [3.05, 3.63) is 23.9 Å². The molecular weight excluding hydrogens is 286 g/mol. The van der Waals surface area contributed by atoms with Crippen LogP contribution in [-0.4, -0.2) is 68.8 Å². The summed E-state index contributed by atoms with van der Waals surface area (Å²) in [5.41, 5.74) is 0.476. The zero-order valence-electron chi connectivity index (χ0n) is 12.9. The van der Waals surface area contributed by atoms with E-state index in [0.717, 1.165) is 18.8 Å². The summed E-state index contributed by atoms with van der Waals surface area (Å²) in [6.07, 6.45) is 2.44. The fraction of sp³-hybridized carbons (Fsp3) is 0.533. The van der Waals surface area contributed by atoms with Crippen LogP contribution >= 0.6 is 0 Å². The second-order valence-corrected chi connectivity index (χ2v) is 5.05. The number of methoxy groups -OCH3 is 2. The van der Waals surface area contributed by atoms with Crippen LogP contribution in [-0.2, 0) is 14.3 Å². The maximum absolute atomic E-state index is 11.9. The molecule has 120 valence electrons. The number of aromatic nitrogens is 1. The van der Waals surface area contributed by atoms with Crippen molar-refractivity contribution in [1.29, 1.82) is 0 Å². The Morgan fingerprint density at radius 1 is 1.23 bits per heavy atom. The van der Waals surface area contributed by atoms with Crippen LogP contribution in [0.5, 0.6) is 0 Å². The van der Waals surface area contributed by atoms with E-state index in [0.29, 0.717) is 25.2 Å². The zero-order chi connectivity index (χ0) is 15.9. The highest BCUT2D eigenvalue weighted by atomic mass is 16.5. The van der Waals surface area contributed by atoms with Gasteiger partial charge in [0.1, 0.15) is 12.4 Å². The van der Waals surface area contributed by atoms with Crippen molar-refractivity contribution in [3.8, 4) is 0 Å². The Balaban J connectivity index is 2.05. The Kier molecular flexibility index (Phi) is 5.71. The lowest BCUT2D eigenvalue weighted by molar-refractivity contribution is -0.134. The van der Waals surface area contributed by atoms with Gasteiger partial charge in [-0.1, -0.05) is 0 Å². The Bertz CT molecular complexity index is 535. The van der Waals surface area contributed by atoms with Crippen LogP contribution < -0.4 is 4.90 Å². The summed E-state index contributed by atoms with van der Waals surface area (Å²) in [6.45, 7) is 2.89. The van der Waals surface area contributed by atoms with E-state index in [-0.39, 0.29) is 18.5 Å². The molecule has 0 saturated carbocycles. The summed E-state index contributed by atoms with van der Waals surface area (Å²) in [5.74, 6) is 0.347. The molecule has 1 amide bonds. The van der Waals surface area contributed by atoms with Gasteiger partial charge in [0.05, 0.1) is 12.7 Å². The number of carbonyl (C=O) groups excluding carboxylic acids is 2. The number of anilines is 1. The van der Waals surface area contributed by atoms with Crippen LogP contribution in [0.15, 0.2) is 18.3 Å². The van der Waals surface area contributed by atoms with Gasteiger partial charge in [-0.05, 0) is 18.6 Å². The molecule has 0 bridgehead atoms. The molecule has 7 heteroatoms. The number of rotatable bonds is 4. The highest BCUT2D eigenvalue weighted by Gasteiger charge is 2.20. The summed E-state index contributed by atoms with van der Waals surface area (Å²) >= 11 is 0. The molecular formula is C15H21N3O4. The van der Waals surface area contributed by atoms with Crippen molar-refractivity contribution < 1.29 is 19.1 Å². The molecule has 1 aromatic heterocycles. The monoisotopic (exact) mass is 307 g/mol. The molecule has 22 heavy (non-hydrogen) atoms. The topological polar surface area (TPSA) is 72.0 Å². The van der Waals surface area contributed by atoms with Gasteiger partial charge in [0.15, 0.2) is 0 Å². The predicted octanol–water partition coefficient (Wildman–Crippen LogP) is 0.553. The third-order valence-electron chi connectivity index (χ3n) is 3.61. The minimum absolute atomic E-state index is 0.000575. The van der Waals surface area contributed by atoms with E-state index in [1.165, 1.54) is 14.2 Å². The first kappa shape index (κ1) is 16.2. The lowest BCUT2D eigenvalue weighted by Crippen LogP contribution is -2.37. The molecule has 1 saturated heterocycles. The maximum Gasteiger partial charge on any atom is 0.338 e. The molecule has 0 N–H and O–H groups in total. The largest absolute Gasteiger partial charge is 0.465 e. The molecule has 1 aromatic rings. The van der Waals surface area contributed by atoms with Crippen molar-refractivity contribution in [2.45, 2.75) is 6.42 Å². The molecule has 2 heterocycles. The highest BCUT2D eigenvalue weighted by Crippen LogP contribution is 2.16. The van der Waals surface area contributed by atoms with Crippen LogP contribution in [0.25, 0.3) is 0 Å². The molecule has 0 spiro atoms. The number of pyridine rings is 1. The number of hydrogen-bond acceptors (Lipinski definition) is 6. The van der Waals surface area contributed by atoms with E-state index in [2.05, 4.69) is 9.88 Å². The Hall–Kier alpha value is -2.15. The maximum atomic E-state index is 11.9. The van der Waals surface area contributed by atoms with Crippen LogP contribution in [0.1, 0.15) is 16.8 Å². The molecule has 1 fully saturated rings. The van der Waals surface area contributed by atoms with Crippen molar-refractivity contribution >= 4 is 17.7 Å². The molecule has 0 radical (unpaired) electrons. The van der Waals surface area contributed by atoms with Gasteiger partial charge in [-0.3, -0.25) is 4.79 Å². The summed E-state index contributed by atoms with van der Waals surface area (Å²) < 4.78 is 9.62. The van der Waals surface area contributed by atoms with Crippen molar-refractivity contribution in [2.24, 2.45) is 0 Å². The molecule has 0 aliphatic carbocycles.